The molecule has 0 amide bonds. The van der Waals surface area contributed by atoms with Crippen LogP contribution in [0.25, 0.3) is 0 Å². The van der Waals surface area contributed by atoms with Crippen LogP contribution in [0, 0.1) is 17.0 Å². The van der Waals surface area contributed by atoms with Crippen LogP contribution in [0.1, 0.15) is 19.4 Å². The van der Waals surface area contributed by atoms with Crippen molar-refractivity contribution in [2.24, 2.45) is 0 Å². The maximum absolute atomic E-state index is 12.7. The number of nitrogens with zero attached hydrogens (tertiary/aromatic N) is 1. The Morgan fingerprint density at radius 2 is 1.74 bits per heavy atom. The van der Waals surface area contributed by atoms with Gasteiger partial charge in [0.1, 0.15) is 0 Å². The summed E-state index contributed by atoms with van der Waals surface area (Å²) in [5, 5.41) is 11.1. The van der Waals surface area contributed by atoms with Crippen LogP contribution in [0.4, 0.5) is 11.4 Å². The number of rotatable bonds is 8. The van der Waals surface area contributed by atoms with E-state index in [4.69, 9.17) is 21.1 Å². The van der Waals surface area contributed by atoms with E-state index in [1.807, 2.05) is 6.92 Å². The fourth-order valence-electron chi connectivity index (χ4n) is 2.31. The lowest BCUT2D eigenvalue weighted by Gasteiger charge is -2.14. The third kappa shape index (κ3) is 4.81. The highest BCUT2D eigenvalue weighted by atomic mass is 35.5. The molecule has 146 valence electrons. The predicted molar refractivity (Wildman–Crippen MR) is 102 cm³/mol. The van der Waals surface area contributed by atoms with Crippen molar-refractivity contribution in [1.29, 1.82) is 0 Å². The number of hydrogen-bond donors (Lipinski definition) is 1. The van der Waals surface area contributed by atoms with Gasteiger partial charge in [-0.25, -0.2) is 8.42 Å². The van der Waals surface area contributed by atoms with Crippen LogP contribution >= 0.6 is 11.6 Å². The number of nitrogens with one attached hydrogen (secondary N) is 1. The number of halogens is 1. The summed E-state index contributed by atoms with van der Waals surface area (Å²) in [5.41, 5.74) is 0.0474. The van der Waals surface area contributed by atoms with Crippen molar-refractivity contribution in [3.63, 3.8) is 0 Å². The lowest BCUT2D eigenvalue weighted by Crippen LogP contribution is -2.14. The highest BCUT2D eigenvalue weighted by molar-refractivity contribution is 7.92. The first-order chi connectivity index (χ1) is 12.7. The first-order valence-electron chi connectivity index (χ1n) is 8.06. The topological polar surface area (TPSA) is 108 Å². The van der Waals surface area contributed by atoms with Crippen LogP contribution < -0.4 is 14.2 Å². The number of benzene rings is 2. The molecular weight excluding hydrogens is 396 g/mol. The van der Waals surface area contributed by atoms with E-state index < -0.39 is 14.9 Å². The zero-order valence-electron chi connectivity index (χ0n) is 15.0. The zero-order chi connectivity index (χ0) is 20.2. The zero-order valence-corrected chi connectivity index (χ0v) is 16.6. The molecule has 10 heteroatoms. The van der Waals surface area contributed by atoms with Gasteiger partial charge < -0.3 is 9.47 Å². The molecule has 2 aromatic carbocycles. The molecule has 0 unspecified atom stereocenters. The molecule has 0 aromatic heterocycles. The maximum Gasteiger partial charge on any atom is 0.275 e. The molecule has 2 rings (SSSR count). The van der Waals surface area contributed by atoms with E-state index in [1.165, 1.54) is 25.1 Å². The van der Waals surface area contributed by atoms with E-state index in [1.54, 1.807) is 13.0 Å². The van der Waals surface area contributed by atoms with Crippen molar-refractivity contribution >= 4 is 33.0 Å². The van der Waals surface area contributed by atoms with Crippen LogP contribution in [-0.2, 0) is 10.0 Å². The summed E-state index contributed by atoms with van der Waals surface area (Å²) in [6.07, 6.45) is 0. The quantitative estimate of drug-likeness (QED) is 0.513. The Balaban J connectivity index is 2.42. The van der Waals surface area contributed by atoms with Crippen LogP contribution in [0.3, 0.4) is 0 Å². The normalized spacial score (nSPS) is 11.1. The van der Waals surface area contributed by atoms with Crippen molar-refractivity contribution in [1.82, 2.24) is 0 Å². The lowest BCUT2D eigenvalue weighted by atomic mass is 10.2. The van der Waals surface area contributed by atoms with E-state index >= 15 is 0 Å². The summed E-state index contributed by atoms with van der Waals surface area (Å²) in [6.45, 7) is 5.86. The predicted octanol–water partition coefficient (Wildman–Crippen LogP) is 4.15. The fourth-order valence-corrected chi connectivity index (χ4v) is 3.69. The second-order valence-electron chi connectivity index (χ2n) is 5.44. The van der Waals surface area contributed by atoms with Crippen molar-refractivity contribution in [3.05, 3.63) is 51.0 Å². The second-order valence-corrected chi connectivity index (χ2v) is 7.53. The Labute approximate surface area is 162 Å². The average Bonchev–Trinajstić information content (AvgIpc) is 2.59. The van der Waals surface area contributed by atoms with Crippen LogP contribution in [-0.4, -0.2) is 26.6 Å². The van der Waals surface area contributed by atoms with Gasteiger partial charge in [0, 0.05) is 17.7 Å². The Morgan fingerprint density at radius 1 is 1.11 bits per heavy atom. The molecule has 0 aliphatic heterocycles. The molecule has 0 aliphatic carbocycles. The molecule has 0 saturated carbocycles. The molecule has 27 heavy (non-hydrogen) atoms. The molecule has 8 nitrogen and oxygen atoms in total. The van der Waals surface area contributed by atoms with E-state index in [9.17, 15) is 18.5 Å². The van der Waals surface area contributed by atoms with Crippen molar-refractivity contribution < 1.29 is 22.8 Å². The summed E-state index contributed by atoms with van der Waals surface area (Å²) in [6, 6.07) is 6.72. The molecule has 0 aliphatic rings. The Bertz CT molecular complexity index is 962. The van der Waals surface area contributed by atoms with Gasteiger partial charge in [0.25, 0.3) is 15.7 Å². The molecule has 0 saturated heterocycles. The van der Waals surface area contributed by atoms with E-state index in [2.05, 4.69) is 4.72 Å². The highest BCUT2D eigenvalue weighted by Crippen LogP contribution is 2.33. The smallest absolute Gasteiger partial charge is 0.275 e. The van der Waals surface area contributed by atoms with Gasteiger partial charge in [0.15, 0.2) is 11.5 Å². The minimum atomic E-state index is -4.10. The summed E-state index contributed by atoms with van der Waals surface area (Å²) in [5.74, 6) is 0.865. The molecule has 2 aromatic rings. The van der Waals surface area contributed by atoms with E-state index in [0.29, 0.717) is 24.7 Å². The largest absolute Gasteiger partial charge is 0.490 e. The summed E-state index contributed by atoms with van der Waals surface area (Å²) < 4.78 is 38.6. The Hall–Kier alpha value is -2.52. The van der Waals surface area contributed by atoms with Gasteiger partial charge in [-0.2, -0.15) is 0 Å². The van der Waals surface area contributed by atoms with Crippen molar-refractivity contribution in [2.45, 2.75) is 25.7 Å². The molecule has 0 bridgehead atoms. The summed E-state index contributed by atoms with van der Waals surface area (Å²) >= 11 is 5.96. The van der Waals surface area contributed by atoms with E-state index in [0.717, 1.165) is 6.07 Å². The number of nitro benzene ring substituents is 1. The number of ether oxygens (including phenoxy) is 2. The van der Waals surface area contributed by atoms with Gasteiger partial charge in [-0.05, 0) is 39.0 Å². The molecule has 0 fully saturated rings. The third-order valence-electron chi connectivity index (χ3n) is 3.59. The maximum atomic E-state index is 12.7. The van der Waals surface area contributed by atoms with Crippen LogP contribution in [0.2, 0.25) is 5.02 Å². The van der Waals surface area contributed by atoms with Gasteiger partial charge in [0.2, 0.25) is 0 Å². The monoisotopic (exact) mass is 414 g/mol. The standard InChI is InChI=1S/C17H19ClN2O6S/c1-4-25-16-7-6-12(8-17(16)26-5-2)19-27(23,24)13-9-14(18)11(3)15(10-13)20(21)22/h6-10,19H,4-5H2,1-3H3. The fraction of sp³-hybridized carbons (Fsp3) is 0.294. The lowest BCUT2D eigenvalue weighted by molar-refractivity contribution is -0.385. The van der Waals surface area contributed by atoms with E-state index in [-0.39, 0.29) is 26.9 Å². The molecule has 1 N–H and O–H groups in total. The highest BCUT2D eigenvalue weighted by Gasteiger charge is 2.23. The number of hydrogen-bond acceptors (Lipinski definition) is 6. The SMILES string of the molecule is CCOc1ccc(NS(=O)(=O)c2cc(Cl)c(C)c([N+](=O)[O-])c2)cc1OCC. The molecular formula is C17H19ClN2O6S. The minimum Gasteiger partial charge on any atom is -0.490 e. The molecule has 0 heterocycles. The van der Waals surface area contributed by atoms with Gasteiger partial charge >= 0.3 is 0 Å². The first-order valence-corrected chi connectivity index (χ1v) is 9.92. The average molecular weight is 415 g/mol. The Kier molecular flexibility index (Phi) is 6.50. The van der Waals surface area contributed by atoms with Crippen LogP contribution in [0.5, 0.6) is 11.5 Å². The minimum absolute atomic E-state index is 0.00808. The summed E-state index contributed by atoms with van der Waals surface area (Å²) in [4.78, 5) is 10.1. The summed E-state index contributed by atoms with van der Waals surface area (Å²) in [7, 11) is -4.10. The van der Waals surface area contributed by atoms with Crippen LogP contribution in [0.15, 0.2) is 35.2 Å². The number of sulfonamides is 1. The van der Waals surface area contributed by atoms with Crippen molar-refractivity contribution in [2.75, 3.05) is 17.9 Å². The first kappa shape index (κ1) is 20.8. The van der Waals surface area contributed by atoms with Gasteiger partial charge in [-0.15, -0.1) is 0 Å². The second kappa shape index (κ2) is 8.45. The van der Waals surface area contributed by atoms with Gasteiger partial charge in [0.05, 0.1) is 33.7 Å². The Morgan fingerprint density at radius 3 is 2.33 bits per heavy atom. The molecule has 0 radical (unpaired) electrons. The molecule has 0 spiro atoms. The van der Waals surface area contributed by atoms with Crippen molar-refractivity contribution in [3.8, 4) is 11.5 Å². The molecule has 0 atom stereocenters. The van der Waals surface area contributed by atoms with Gasteiger partial charge in [-0.1, -0.05) is 11.6 Å². The third-order valence-corrected chi connectivity index (χ3v) is 5.35. The number of anilines is 1. The number of nitro groups is 1. The van der Waals surface area contributed by atoms with Gasteiger partial charge in [-0.3, -0.25) is 14.8 Å².